The minimum Gasteiger partial charge on any atom is -0.494 e. The maximum Gasteiger partial charge on any atom is 0.159 e. The fourth-order valence-electron chi connectivity index (χ4n) is 2.95. The van der Waals surface area contributed by atoms with Crippen LogP contribution in [0.25, 0.3) is 10.9 Å². The Balaban J connectivity index is 2.33. The van der Waals surface area contributed by atoms with Gasteiger partial charge in [-0.2, -0.15) is 5.26 Å². The number of hydrogen-bond donors (Lipinski definition) is 1. The Morgan fingerprint density at radius 3 is 2.91 bits per heavy atom. The molecule has 1 heterocycles. The molecule has 6 nitrogen and oxygen atoms in total. The monoisotopic (exact) mass is 453 g/mol. The number of aryl methyl sites for hydroxylation is 1. The number of ether oxygens (including phenoxy) is 1. The summed E-state index contributed by atoms with van der Waals surface area (Å²) < 4.78 is 77.7. The number of nitriles is 1. The highest BCUT2D eigenvalue weighted by Crippen LogP contribution is 2.34. The van der Waals surface area contributed by atoms with Crippen LogP contribution in [0.4, 0.5) is 15.8 Å². The van der Waals surface area contributed by atoms with Crippen LogP contribution in [0.2, 0.25) is 0 Å². The molecule has 0 radical (unpaired) electrons. The van der Waals surface area contributed by atoms with Gasteiger partial charge >= 0.3 is 0 Å². The SMILES string of the molecule is [2H]/C(C(=O)Cc1c(OCC)c([2H])c2nc([2H])c(C#N)c(Nc3ccc(F)c(C)c3)c2c1[2H])=C(/[2H])C([2H])([2H])N(C)C. The van der Waals surface area contributed by atoms with E-state index in [4.69, 9.17) is 14.3 Å². The van der Waals surface area contributed by atoms with E-state index in [0.717, 1.165) is 4.90 Å². The van der Waals surface area contributed by atoms with E-state index >= 15 is 0 Å². The van der Waals surface area contributed by atoms with Crippen molar-refractivity contribution in [1.29, 1.82) is 5.26 Å². The van der Waals surface area contributed by atoms with Crippen molar-refractivity contribution in [3.8, 4) is 11.8 Å². The van der Waals surface area contributed by atoms with Gasteiger partial charge in [-0.15, -0.1) is 0 Å². The second-order valence-electron chi connectivity index (χ2n) is 7.24. The molecule has 170 valence electrons. The third-order valence-corrected chi connectivity index (χ3v) is 4.44. The standard InChI is InChI=1S/C26H27FN4O2/c1-5-33-25-14-24-22(13-18(25)12-21(32)7-6-10-31(3)4)26(19(15-28)16-29-24)30-20-8-9-23(27)17(2)11-20/h6-9,11,13-14,16H,5,10,12H2,1-4H3,(H,29,30)/b7-6+/i6D,7D,10D2,13D,14D,16D. The molecule has 0 aliphatic rings. The molecule has 33 heavy (non-hydrogen) atoms. The van der Waals surface area contributed by atoms with Crippen molar-refractivity contribution < 1.29 is 23.5 Å². The molecule has 2 aromatic carbocycles. The van der Waals surface area contributed by atoms with Crippen LogP contribution in [0.15, 0.2) is 48.6 Å². The van der Waals surface area contributed by atoms with Gasteiger partial charge in [0.25, 0.3) is 0 Å². The number of allylic oxidation sites excluding steroid dienone is 1. The minimum absolute atomic E-state index is 0.0401. The first-order chi connectivity index (χ1) is 18.7. The van der Waals surface area contributed by atoms with Gasteiger partial charge in [0.1, 0.15) is 17.6 Å². The zero-order valence-corrected chi connectivity index (χ0v) is 18.7. The van der Waals surface area contributed by atoms with Crippen LogP contribution < -0.4 is 10.1 Å². The normalized spacial score (nSPS) is 15.2. The summed E-state index contributed by atoms with van der Waals surface area (Å²) in [6.07, 6.45) is -1.16. The highest BCUT2D eigenvalue weighted by Gasteiger charge is 2.16. The van der Waals surface area contributed by atoms with Crippen molar-refractivity contribution >= 4 is 28.1 Å². The number of likely N-dealkylation sites (N-methyl/N-ethyl adjacent to an activating group) is 1. The van der Waals surface area contributed by atoms with E-state index < -0.39 is 42.8 Å². The second kappa shape index (κ2) is 10.7. The minimum atomic E-state index is -2.41. The molecule has 0 fully saturated rings. The van der Waals surface area contributed by atoms with Gasteiger partial charge in [-0.1, -0.05) is 6.05 Å². The number of ketones is 1. The van der Waals surface area contributed by atoms with Crippen LogP contribution in [0.3, 0.4) is 0 Å². The number of fused-ring (bicyclic) bond motifs is 1. The van der Waals surface area contributed by atoms with E-state index in [0.29, 0.717) is 11.3 Å². The molecule has 3 rings (SSSR count). The van der Waals surface area contributed by atoms with Gasteiger partial charge in [-0.25, -0.2) is 4.39 Å². The summed E-state index contributed by atoms with van der Waals surface area (Å²) in [5.41, 5.74) is 0.0449. The molecule has 0 aliphatic heterocycles. The van der Waals surface area contributed by atoms with Gasteiger partial charge in [0.15, 0.2) is 5.78 Å². The largest absolute Gasteiger partial charge is 0.494 e. The number of pyridine rings is 1. The fourth-order valence-corrected chi connectivity index (χ4v) is 2.95. The van der Waals surface area contributed by atoms with Crippen LogP contribution >= 0.6 is 0 Å². The molecule has 0 saturated carbocycles. The molecular formula is C26H27FN4O2. The Kier molecular flexibility index (Phi) is 5.17. The average Bonchev–Trinajstić information content (AvgIpc) is 2.90. The molecular weight excluding hydrogens is 419 g/mol. The van der Waals surface area contributed by atoms with Crippen molar-refractivity contribution in [3.05, 3.63) is 71.1 Å². The number of benzene rings is 2. The van der Waals surface area contributed by atoms with Gasteiger partial charge in [-0.05, 0) is 63.8 Å². The molecule has 0 spiro atoms. The number of rotatable bonds is 9. The van der Waals surface area contributed by atoms with Crippen molar-refractivity contribution in [1.82, 2.24) is 9.88 Å². The van der Waals surface area contributed by atoms with Crippen LogP contribution in [0.5, 0.6) is 5.75 Å². The first-order valence-electron chi connectivity index (χ1n) is 13.6. The Labute approximate surface area is 203 Å². The number of hydrogen-bond acceptors (Lipinski definition) is 6. The van der Waals surface area contributed by atoms with E-state index in [-0.39, 0.29) is 52.2 Å². The predicted molar refractivity (Wildman–Crippen MR) is 128 cm³/mol. The lowest BCUT2D eigenvalue weighted by molar-refractivity contribution is -0.114. The lowest BCUT2D eigenvalue weighted by atomic mass is 10.0. The summed E-state index contributed by atoms with van der Waals surface area (Å²) in [7, 11) is 2.71. The van der Waals surface area contributed by atoms with Gasteiger partial charge in [0.05, 0.1) is 30.2 Å². The third kappa shape index (κ3) is 5.93. The first-order valence-corrected chi connectivity index (χ1v) is 10.1. The summed E-state index contributed by atoms with van der Waals surface area (Å²) in [5.74, 6) is -1.64. The number of anilines is 2. The van der Waals surface area contributed by atoms with Crippen molar-refractivity contribution in [2.45, 2.75) is 20.3 Å². The molecule has 7 heteroatoms. The van der Waals surface area contributed by atoms with Crippen molar-refractivity contribution in [2.24, 2.45) is 0 Å². The molecule has 0 atom stereocenters. The number of carbonyl (C=O) groups is 1. The first kappa shape index (κ1) is 15.9. The van der Waals surface area contributed by atoms with Gasteiger partial charge < -0.3 is 15.0 Å². The van der Waals surface area contributed by atoms with Gasteiger partial charge in [0.2, 0.25) is 0 Å². The number of halogens is 1. The number of carbonyl (C=O) groups excluding carboxylic acids is 1. The smallest absolute Gasteiger partial charge is 0.159 e. The molecule has 0 saturated heterocycles. The van der Waals surface area contributed by atoms with E-state index in [9.17, 15) is 14.4 Å². The predicted octanol–water partition coefficient (Wildman–Crippen LogP) is 4.93. The topological polar surface area (TPSA) is 78.2 Å². The van der Waals surface area contributed by atoms with Gasteiger partial charge in [0, 0.05) is 44.5 Å². The highest BCUT2D eigenvalue weighted by molar-refractivity contribution is 5.98. The van der Waals surface area contributed by atoms with Crippen molar-refractivity contribution in [2.75, 3.05) is 32.5 Å². The molecule has 1 aromatic heterocycles. The highest BCUT2D eigenvalue weighted by atomic mass is 19.1. The quantitative estimate of drug-likeness (QED) is 0.463. The van der Waals surface area contributed by atoms with Crippen LogP contribution in [0.1, 0.15) is 33.2 Å². The Morgan fingerprint density at radius 1 is 1.45 bits per heavy atom. The van der Waals surface area contributed by atoms with E-state index in [1.165, 1.54) is 39.2 Å². The molecule has 0 aliphatic carbocycles. The molecule has 1 N–H and O–H groups in total. The lowest BCUT2D eigenvalue weighted by Gasteiger charge is -2.15. The molecule has 0 bridgehead atoms. The zero-order chi connectivity index (χ0) is 30.1. The Bertz CT molecular complexity index is 1590. The number of aromatic nitrogens is 1. The maximum atomic E-state index is 13.9. The fraction of sp³-hybridized carbons (Fsp3) is 0.269. The third-order valence-electron chi connectivity index (χ3n) is 4.44. The second-order valence-corrected chi connectivity index (χ2v) is 7.24. The maximum absolute atomic E-state index is 13.9. The molecule has 3 aromatic rings. The van der Waals surface area contributed by atoms with E-state index in [1.54, 1.807) is 6.92 Å². The summed E-state index contributed by atoms with van der Waals surface area (Å²) >= 11 is 0. The summed E-state index contributed by atoms with van der Waals surface area (Å²) in [5, 5.41) is 12.7. The van der Waals surface area contributed by atoms with Crippen LogP contribution in [-0.2, 0) is 11.2 Å². The van der Waals surface area contributed by atoms with Crippen LogP contribution in [-0.4, -0.2) is 42.9 Å². The number of nitrogens with zero attached hydrogens (tertiary/aromatic N) is 3. The lowest BCUT2D eigenvalue weighted by Crippen LogP contribution is -2.11. The Morgan fingerprint density at radius 2 is 2.24 bits per heavy atom. The van der Waals surface area contributed by atoms with Gasteiger partial charge in [-0.3, -0.25) is 9.78 Å². The molecule has 0 amide bonds. The van der Waals surface area contributed by atoms with Crippen LogP contribution in [0, 0.1) is 24.1 Å². The Hall–Kier alpha value is -3.76. The van der Waals surface area contributed by atoms with Crippen molar-refractivity contribution in [3.63, 3.8) is 0 Å². The number of nitrogens with one attached hydrogen (secondary N) is 1. The summed E-state index contributed by atoms with van der Waals surface area (Å²) in [4.78, 5) is 18.2. The summed E-state index contributed by atoms with van der Waals surface area (Å²) in [6.45, 7) is 0.782. The zero-order valence-electron chi connectivity index (χ0n) is 25.7. The average molecular weight is 454 g/mol. The van der Waals surface area contributed by atoms with E-state index in [2.05, 4.69) is 10.3 Å². The van der Waals surface area contributed by atoms with E-state index in [1.807, 2.05) is 6.07 Å². The molecule has 0 unspecified atom stereocenters. The summed E-state index contributed by atoms with van der Waals surface area (Å²) in [6, 6.07) is 3.41.